The molecule has 4 heteroatoms. The fraction of sp³-hybridized carbons (Fsp3) is 0.391. The van der Waals surface area contributed by atoms with Crippen molar-refractivity contribution in [2.45, 2.75) is 39.2 Å². The lowest BCUT2D eigenvalue weighted by Crippen LogP contribution is -2.46. The predicted octanol–water partition coefficient (Wildman–Crippen LogP) is 4.12. The van der Waals surface area contributed by atoms with E-state index >= 15 is 0 Å². The smallest absolute Gasteiger partial charge is 0.251 e. The van der Waals surface area contributed by atoms with Gasteiger partial charge in [-0.15, -0.1) is 0 Å². The maximum Gasteiger partial charge on any atom is 0.251 e. The van der Waals surface area contributed by atoms with Gasteiger partial charge in [0.2, 0.25) is 5.91 Å². The molecule has 4 nitrogen and oxygen atoms in total. The molecule has 2 amide bonds. The summed E-state index contributed by atoms with van der Waals surface area (Å²) in [4.78, 5) is 26.6. The molecule has 0 aliphatic carbocycles. The minimum Gasteiger partial charge on any atom is -0.349 e. The van der Waals surface area contributed by atoms with Crippen LogP contribution in [-0.4, -0.2) is 35.8 Å². The van der Waals surface area contributed by atoms with Crippen LogP contribution in [0.5, 0.6) is 0 Å². The Bertz CT molecular complexity index is 761. The molecule has 142 valence electrons. The molecule has 3 rings (SSSR count). The van der Waals surface area contributed by atoms with Gasteiger partial charge in [0.05, 0.1) is 0 Å². The molecule has 0 saturated carbocycles. The highest BCUT2D eigenvalue weighted by molar-refractivity contribution is 5.94. The third kappa shape index (κ3) is 5.19. The SMILES string of the molecule is CC(C)CC(=O)N1CCC(NC(=O)c2ccc(-c3ccccc3)cc2)CC1. The molecule has 1 aliphatic rings. The summed E-state index contributed by atoms with van der Waals surface area (Å²) in [5.41, 5.74) is 2.92. The van der Waals surface area contributed by atoms with Crippen molar-refractivity contribution in [3.8, 4) is 11.1 Å². The largest absolute Gasteiger partial charge is 0.349 e. The summed E-state index contributed by atoms with van der Waals surface area (Å²) in [5, 5.41) is 3.12. The number of amides is 2. The van der Waals surface area contributed by atoms with Crippen molar-refractivity contribution in [3.63, 3.8) is 0 Å². The van der Waals surface area contributed by atoms with Crippen LogP contribution in [0.25, 0.3) is 11.1 Å². The number of nitrogens with zero attached hydrogens (tertiary/aromatic N) is 1. The van der Waals surface area contributed by atoms with Gasteiger partial charge < -0.3 is 10.2 Å². The zero-order valence-corrected chi connectivity index (χ0v) is 16.2. The van der Waals surface area contributed by atoms with E-state index in [2.05, 4.69) is 31.3 Å². The van der Waals surface area contributed by atoms with Crippen LogP contribution in [0.15, 0.2) is 54.6 Å². The molecule has 0 bridgehead atoms. The van der Waals surface area contributed by atoms with Crippen molar-refractivity contribution in [2.75, 3.05) is 13.1 Å². The second-order valence-electron chi connectivity index (χ2n) is 7.67. The maximum atomic E-state index is 12.5. The Hall–Kier alpha value is -2.62. The lowest BCUT2D eigenvalue weighted by Gasteiger charge is -2.32. The van der Waals surface area contributed by atoms with Crippen LogP contribution in [-0.2, 0) is 4.79 Å². The van der Waals surface area contributed by atoms with Crippen LogP contribution in [0.1, 0.15) is 43.5 Å². The molecule has 0 radical (unpaired) electrons. The number of hydrogen-bond acceptors (Lipinski definition) is 2. The molecule has 0 aromatic heterocycles. The number of rotatable bonds is 5. The second kappa shape index (κ2) is 8.85. The predicted molar refractivity (Wildman–Crippen MR) is 108 cm³/mol. The van der Waals surface area contributed by atoms with Crippen molar-refractivity contribution >= 4 is 11.8 Å². The van der Waals surface area contributed by atoms with E-state index in [-0.39, 0.29) is 17.9 Å². The summed E-state index contributed by atoms with van der Waals surface area (Å²) >= 11 is 0. The van der Waals surface area contributed by atoms with Crippen molar-refractivity contribution in [1.82, 2.24) is 10.2 Å². The first-order valence-corrected chi connectivity index (χ1v) is 9.77. The molecule has 2 aromatic rings. The summed E-state index contributed by atoms with van der Waals surface area (Å²) in [7, 11) is 0. The molecule has 1 saturated heterocycles. The van der Waals surface area contributed by atoms with Crippen molar-refractivity contribution in [1.29, 1.82) is 0 Å². The molecular formula is C23H28N2O2. The van der Waals surface area contributed by atoms with E-state index in [0.717, 1.165) is 37.1 Å². The van der Waals surface area contributed by atoms with Crippen molar-refractivity contribution < 1.29 is 9.59 Å². The zero-order chi connectivity index (χ0) is 19.2. The van der Waals surface area contributed by atoms with Crippen LogP contribution in [0.4, 0.5) is 0 Å². The lowest BCUT2D eigenvalue weighted by atomic mass is 10.0. The molecule has 1 N–H and O–H groups in total. The molecule has 0 unspecified atom stereocenters. The van der Waals surface area contributed by atoms with Crippen LogP contribution < -0.4 is 5.32 Å². The van der Waals surface area contributed by atoms with E-state index < -0.39 is 0 Å². The van der Waals surface area contributed by atoms with Gasteiger partial charge in [0, 0.05) is 31.1 Å². The fourth-order valence-corrected chi connectivity index (χ4v) is 3.46. The van der Waals surface area contributed by atoms with Crippen molar-refractivity contribution in [2.24, 2.45) is 5.92 Å². The maximum absolute atomic E-state index is 12.5. The Kier molecular flexibility index (Phi) is 6.28. The number of carbonyl (C=O) groups excluding carboxylic acids is 2. The minimum atomic E-state index is -0.0402. The van der Waals surface area contributed by atoms with Crippen LogP contribution >= 0.6 is 0 Å². The Morgan fingerprint density at radius 2 is 1.56 bits per heavy atom. The average molecular weight is 364 g/mol. The van der Waals surface area contributed by atoms with Crippen LogP contribution in [0.3, 0.4) is 0 Å². The molecule has 1 fully saturated rings. The number of likely N-dealkylation sites (tertiary alicyclic amines) is 1. The lowest BCUT2D eigenvalue weighted by molar-refractivity contribution is -0.133. The molecule has 0 spiro atoms. The van der Waals surface area contributed by atoms with E-state index in [4.69, 9.17) is 0 Å². The number of carbonyl (C=O) groups is 2. The minimum absolute atomic E-state index is 0.0402. The summed E-state index contributed by atoms with van der Waals surface area (Å²) in [6.45, 7) is 5.58. The number of nitrogens with one attached hydrogen (secondary N) is 1. The highest BCUT2D eigenvalue weighted by Gasteiger charge is 2.24. The van der Waals surface area contributed by atoms with Crippen molar-refractivity contribution in [3.05, 3.63) is 60.2 Å². The number of benzene rings is 2. The molecular weight excluding hydrogens is 336 g/mol. The van der Waals surface area contributed by atoms with Gasteiger partial charge in [0.15, 0.2) is 0 Å². The first-order valence-electron chi connectivity index (χ1n) is 9.77. The number of hydrogen-bond donors (Lipinski definition) is 1. The third-order valence-corrected chi connectivity index (χ3v) is 5.02. The monoisotopic (exact) mass is 364 g/mol. The first kappa shape index (κ1) is 19.2. The zero-order valence-electron chi connectivity index (χ0n) is 16.2. The van der Waals surface area contributed by atoms with Gasteiger partial charge in [-0.05, 0) is 42.0 Å². The molecule has 2 aromatic carbocycles. The topological polar surface area (TPSA) is 49.4 Å². The van der Waals surface area contributed by atoms with Gasteiger partial charge in [-0.25, -0.2) is 0 Å². The van der Waals surface area contributed by atoms with Gasteiger partial charge >= 0.3 is 0 Å². The Morgan fingerprint density at radius 3 is 2.15 bits per heavy atom. The summed E-state index contributed by atoms with van der Waals surface area (Å²) < 4.78 is 0. The highest BCUT2D eigenvalue weighted by atomic mass is 16.2. The number of piperidine rings is 1. The molecule has 27 heavy (non-hydrogen) atoms. The first-order chi connectivity index (χ1) is 13.0. The van der Waals surface area contributed by atoms with Gasteiger partial charge in [0.25, 0.3) is 5.91 Å². The highest BCUT2D eigenvalue weighted by Crippen LogP contribution is 2.20. The van der Waals surface area contributed by atoms with Gasteiger partial charge in [0.1, 0.15) is 0 Å². The summed E-state index contributed by atoms with van der Waals surface area (Å²) in [6.07, 6.45) is 2.24. The fourth-order valence-electron chi connectivity index (χ4n) is 3.46. The molecule has 1 heterocycles. The van der Waals surface area contributed by atoms with Crippen LogP contribution in [0.2, 0.25) is 0 Å². The van der Waals surface area contributed by atoms with E-state index in [1.54, 1.807) is 0 Å². The summed E-state index contributed by atoms with van der Waals surface area (Å²) in [6, 6.07) is 18.0. The van der Waals surface area contributed by atoms with Gasteiger partial charge in [-0.2, -0.15) is 0 Å². The van der Waals surface area contributed by atoms with Gasteiger partial charge in [-0.3, -0.25) is 9.59 Å². The Labute approximate surface area is 161 Å². The Morgan fingerprint density at radius 1 is 0.963 bits per heavy atom. The van der Waals surface area contributed by atoms with E-state index in [0.29, 0.717) is 17.9 Å². The third-order valence-electron chi connectivity index (χ3n) is 5.02. The Balaban J connectivity index is 1.52. The van der Waals surface area contributed by atoms with E-state index in [1.807, 2.05) is 47.4 Å². The standard InChI is InChI=1S/C23H28N2O2/c1-17(2)16-22(26)25-14-12-21(13-15-25)24-23(27)20-10-8-19(9-11-20)18-6-4-3-5-7-18/h3-11,17,21H,12-16H2,1-2H3,(H,24,27). The van der Waals surface area contributed by atoms with Gasteiger partial charge in [-0.1, -0.05) is 56.3 Å². The van der Waals surface area contributed by atoms with E-state index in [9.17, 15) is 9.59 Å². The average Bonchev–Trinajstić information content (AvgIpc) is 2.69. The normalized spacial score (nSPS) is 15.0. The van der Waals surface area contributed by atoms with E-state index in [1.165, 1.54) is 0 Å². The molecule has 1 aliphatic heterocycles. The summed E-state index contributed by atoms with van der Waals surface area (Å²) in [5.74, 6) is 0.571. The second-order valence-corrected chi connectivity index (χ2v) is 7.67. The van der Waals surface area contributed by atoms with Crippen LogP contribution in [0, 0.1) is 5.92 Å². The quantitative estimate of drug-likeness (QED) is 0.867. The molecule has 0 atom stereocenters.